The molecule has 1 amide bonds. The van der Waals surface area contributed by atoms with Crippen LogP contribution in [-0.2, 0) is 9.53 Å². The van der Waals surface area contributed by atoms with Gasteiger partial charge >= 0.3 is 5.97 Å². The van der Waals surface area contributed by atoms with Gasteiger partial charge in [-0.1, -0.05) is 49.4 Å². The Hall–Kier alpha value is -1.46. The van der Waals surface area contributed by atoms with Crippen molar-refractivity contribution in [2.75, 3.05) is 20.3 Å². The number of carbonyl (C=O) groups excluding carboxylic acids is 2. The van der Waals surface area contributed by atoms with Crippen LogP contribution < -0.4 is 10.1 Å². The maximum Gasteiger partial charge on any atom is 0.338 e. The van der Waals surface area contributed by atoms with E-state index >= 15 is 0 Å². The van der Waals surface area contributed by atoms with E-state index in [-0.39, 0.29) is 33.9 Å². The van der Waals surface area contributed by atoms with Crippen LogP contribution in [0.4, 0.5) is 0 Å². The SMILES string of the molecule is CCCCCCNC(=O)COC(=O)c1cc(Cl)c(OC)c(Cl)c1. The van der Waals surface area contributed by atoms with Gasteiger partial charge in [0.2, 0.25) is 0 Å². The van der Waals surface area contributed by atoms with Crippen molar-refractivity contribution < 1.29 is 19.1 Å². The first-order chi connectivity index (χ1) is 11.0. The van der Waals surface area contributed by atoms with Crippen LogP contribution in [0, 0.1) is 0 Å². The Morgan fingerprint density at radius 1 is 1.13 bits per heavy atom. The van der Waals surface area contributed by atoms with Gasteiger partial charge in [0.05, 0.1) is 22.7 Å². The van der Waals surface area contributed by atoms with E-state index in [9.17, 15) is 9.59 Å². The summed E-state index contributed by atoms with van der Waals surface area (Å²) < 4.78 is 9.94. The van der Waals surface area contributed by atoms with Crippen LogP contribution in [0.5, 0.6) is 5.75 Å². The van der Waals surface area contributed by atoms with Gasteiger partial charge in [-0.3, -0.25) is 4.79 Å². The van der Waals surface area contributed by atoms with Crippen molar-refractivity contribution in [1.29, 1.82) is 0 Å². The lowest BCUT2D eigenvalue weighted by atomic mass is 10.2. The predicted molar refractivity (Wildman–Crippen MR) is 90.4 cm³/mol. The summed E-state index contributed by atoms with van der Waals surface area (Å²) >= 11 is 11.9. The van der Waals surface area contributed by atoms with E-state index in [4.69, 9.17) is 32.7 Å². The molecule has 0 spiro atoms. The molecule has 0 aliphatic rings. The molecule has 0 aromatic heterocycles. The van der Waals surface area contributed by atoms with Crippen LogP contribution in [0.2, 0.25) is 10.0 Å². The van der Waals surface area contributed by atoms with Gasteiger partial charge in [-0.25, -0.2) is 4.79 Å². The second-order valence-corrected chi connectivity index (χ2v) is 5.77. The smallest absolute Gasteiger partial charge is 0.338 e. The lowest BCUT2D eigenvalue weighted by molar-refractivity contribution is -0.124. The number of halogens is 2. The number of ether oxygens (including phenoxy) is 2. The maximum atomic E-state index is 11.9. The monoisotopic (exact) mass is 361 g/mol. The molecule has 0 aliphatic heterocycles. The Kier molecular flexibility index (Phi) is 8.81. The Morgan fingerprint density at radius 3 is 2.35 bits per heavy atom. The van der Waals surface area contributed by atoms with E-state index < -0.39 is 5.97 Å². The van der Waals surface area contributed by atoms with E-state index in [2.05, 4.69) is 12.2 Å². The molecule has 7 heteroatoms. The molecule has 0 unspecified atom stereocenters. The lowest BCUT2D eigenvalue weighted by Gasteiger charge is -2.09. The van der Waals surface area contributed by atoms with Crippen molar-refractivity contribution in [3.8, 4) is 5.75 Å². The van der Waals surface area contributed by atoms with Gasteiger partial charge in [-0.15, -0.1) is 0 Å². The molecule has 1 aromatic carbocycles. The molecule has 23 heavy (non-hydrogen) atoms. The first-order valence-corrected chi connectivity index (χ1v) is 8.22. The van der Waals surface area contributed by atoms with Crippen LogP contribution in [-0.4, -0.2) is 32.1 Å². The minimum Gasteiger partial charge on any atom is -0.494 e. The molecule has 0 atom stereocenters. The maximum absolute atomic E-state index is 11.9. The number of esters is 1. The molecule has 1 rings (SSSR count). The summed E-state index contributed by atoms with van der Waals surface area (Å²) in [5.41, 5.74) is 0.163. The summed E-state index contributed by atoms with van der Waals surface area (Å²) in [6, 6.07) is 2.77. The standard InChI is InChI=1S/C16H21Cl2NO4/c1-3-4-5-6-7-19-14(20)10-23-16(21)11-8-12(17)15(22-2)13(18)9-11/h8-9H,3-7,10H2,1-2H3,(H,19,20). The molecule has 0 heterocycles. The van der Waals surface area contributed by atoms with Crippen molar-refractivity contribution in [2.45, 2.75) is 32.6 Å². The Balaban J connectivity index is 2.43. The molecule has 128 valence electrons. The van der Waals surface area contributed by atoms with Crippen molar-refractivity contribution >= 4 is 35.1 Å². The first-order valence-electron chi connectivity index (χ1n) is 7.46. The Bertz CT molecular complexity index is 526. The summed E-state index contributed by atoms with van der Waals surface area (Å²) in [4.78, 5) is 23.5. The van der Waals surface area contributed by atoms with Gasteiger partial charge < -0.3 is 14.8 Å². The summed E-state index contributed by atoms with van der Waals surface area (Å²) in [5.74, 6) is -0.715. The fourth-order valence-electron chi connectivity index (χ4n) is 1.92. The largest absolute Gasteiger partial charge is 0.494 e. The number of hydrogen-bond donors (Lipinski definition) is 1. The fourth-order valence-corrected chi connectivity index (χ4v) is 2.56. The minimum atomic E-state index is -0.669. The van der Waals surface area contributed by atoms with Crippen LogP contribution in [0.25, 0.3) is 0 Å². The number of nitrogens with one attached hydrogen (secondary N) is 1. The van der Waals surface area contributed by atoms with E-state index in [0.29, 0.717) is 6.54 Å². The highest BCUT2D eigenvalue weighted by Crippen LogP contribution is 2.33. The number of benzene rings is 1. The van der Waals surface area contributed by atoms with E-state index in [0.717, 1.165) is 25.7 Å². The average molecular weight is 362 g/mol. The van der Waals surface area contributed by atoms with Gasteiger partial charge in [-0.2, -0.15) is 0 Å². The third-order valence-corrected chi connectivity index (χ3v) is 3.69. The second kappa shape index (κ2) is 10.3. The van der Waals surface area contributed by atoms with E-state index in [1.54, 1.807) is 0 Å². The topological polar surface area (TPSA) is 64.6 Å². The zero-order valence-electron chi connectivity index (χ0n) is 13.3. The zero-order chi connectivity index (χ0) is 17.2. The number of amides is 1. The number of methoxy groups -OCH3 is 1. The van der Waals surface area contributed by atoms with Crippen LogP contribution in [0.15, 0.2) is 12.1 Å². The lowest BCUT2D eigenvalue weighted by Crippen LogP contribution is -2.29. The van der Waals surface area contributed by atoms with Gasteiger partial charge in [0, 0.05) is 6.54 Å². The fraction of sp³-hybridized carbons (Fsp3) is 0.500. The Labute approximate surface area is 146 Å². The number of rotatable bonds is 9. The normalized spacial score (nSPS) is 10.3. The van der Waals surface area contributed by atoms with Gasteiger partial charge in [-0.05, 0) is 18.6 Å². The quantitative estimate of drug-likeness (QED) is 0.535. The first kappa shape index (κ1) is 19.6. The van der Waals surface area contributed by atoms with Crippen molar-refractivity contribution in [1.82, 2.24) is 5.32 Å². The van der Waals surface area contributed by atoms with Crippen molar-refractivity contribution in [3.63, 3.8) is 0 Å². The third kappa shape index (κ3) is 6.67. The molecule has 5 nitrogen and oxygen atoms in total. The minimum absolute atomic E-state index is 0.163. The summed E-state index contributed by atoms with van der Waals surface area (Å²) in [6.45, 7) is 2.36. The second-order valence-electron chi connectivity index (χ2n) is 4.96. The van der Waals surface area contributed by atoms with Crippen LogP contribution in [0.1, 0.15) is 43.0 Å². The Morgan fingerprint density at radius 2 is 1.78 bits per heavy atom. The molecular formula is C16H21Cl2NO4. The molecule has 1 N–H and O–H groups in total. The average Bonchev–Trinajstić information content (AvgIpc) is 2.52. The molecule has 0 fully saturated rings. The molecular weight excluding hydrogens is 341 g/mol. The molecule has 0 saturated carbocycles. The summed E-state index contributed by atoms with van der Waals surface area (Å²) in [6.07, 6.45) is 4.26. The van der Waals surface area contributed by atoms with Gasteiger partial charge in [0.1, 0.15) is 0 Å². The van der Waals surface area contributed by atoms with Gasteiger partial charge in [0.25, 0.3) is 5.91 Å². The molecule has 0 bridgehead atoms. The van der Waals surface area contributed by atoms with E-state index in [1.165, 1.54) is 19.2 Å². The number of carbonyl (C=O) groups is 2. The highest BCUT2D eigenvalue weighted by Gasteiger charge is 2.15. The summed E-state index contributed by atoms with van der Waals surface area (Å²) in [5, 5.41) is 3.10. The highest BCUT2D eigenvalue weighted by molar-refractivity contribution is 6.37. The zero-order valence-corrected chi connectivity index (χ0v) is 14.8. The number of unbranched alkanes of at least 4 members (excludes halogenated alkanes) is 3. The number of hydrogen-bond acceptors (Lipinski definition) is 4. The molecule has 0 aliphatic carbocycles. The van der Waals surface area contributed by atoms with E-state index in [1.807, 2.05) is 0 Å². The highest BCUT2D eigenvalue weighted by atomic mass is 35.5. The van der Waals surface area contributed by atoms with Crippen molar-refractivity contribution in [3.05, 3.63) is 27.7 Å². The van der Waals surface area contributed by atoms with Gasteiger partial charge in [0.15, 0.2) is 12.4 Å². The summed E-state index contributed by atoms with van der Waals surface area (Å²) in [7, 11) is 1.43. The molecule has 0 radical (unpaired) electrons. The molecule has 1 aromatic rings. The molecule has 0 saturated heterocycles. The predicted octanol–water partition coefficient (Wildman–Crippen LogP) is 3.86. The van der Waals surface area contributed by atoms with Crippen molar-refractivity contribution in [2.24, 2.45) is 0 Å². The van der Waals surface area contributed by atoms with Crippen LogP contribution in [0.3, 0.4) is 0 Å². The third-order valence-electron chi connectivity index (χ3n) is 3.12. The van der Waals surface area contributed by atoms with Crippen LogP contribution >= 0.6 is 23.2 Å².